The van der Waals surface area contributed by atoms with Crippen molar-refractivity contribution in [3.05, 3.63) is 165 Å². The molecule has 0 bridgehead atoms. The van der Waals surface area contributed by atoms with Crippen molar-refractivity contribution in [2.24, 2.45) is 0 Å². The lowest BCUT2D eigenvalue weighted by Gasteiger charge is -2.17. The van der Waals surface area contributed by atoms with E-state index < -0.39 is 0 Å². The maximum atomic E-state index is 13.2. The quantitative estimate of drug-likeness (QED) is 0.128. The number of nitrogens with zero attached hydrogens (tertiary/aromatic N) is 6. The predicted molar refractivity (Wildman–Crippen MR) is 234 cm³/mol. The fourth-order valence-corrected chi connectivity index (χ4v) is 6.91. The van der Waals surface area contributed by atoms with Crippen LogP contribution in [0.25, 0.3) is 44.3 Å². The van der Waals surface area contributed by atoms with Crippen molar-refractivity contribution in [3.63, 3.8) is 0 Å². The van der Waals surface area contributed by atoms with Crippen LogP contribution in [0.5, 0.6) is 0 Å². The van der Waals surface area contributed by atoms with E-state index in [1.165, 1.54) is 23.2 Å². The van der Waals surface area contributed by atoms with Gasteiger partial charge in [-0.3, -0.25) is 29.1 Å². The molecule has 59 heavy (non-hydrogen) atoms. The van der Waals surface area contributed by atoms with Crippen molar-refractivity contribution in [2.45, 2.75) is 47.7 Å². The number of para-hydroxylation sites is 1. The molecule has 4 aromatic carbocycles. The number of carbonyl (C=O) groups is 2. The SMILES string of the molecule is CCn1nc(-c2ccccc2)c(C(C)=O)c(Nc2cccc3ccc(C)nc23)c1=O.CCn1nc(-c2ccccc2)c(C(C)=O)c(Nc2cccc3ncccc23)c1=O. The first-order valence-electron chi connectivity index (χ1n) is 19.3. The van der Waals surface area contributed by atoms with Crippen molar-refractivity contribution in [1.82, 2.24) is 29.5 Å². The lowest BCUT2D eigenvalue weighted by molar-refractivity contribution is 0.101. The van der Waals surface area contributed by atoms with E-state index in [0.717, 1.165) is 38.6 Å². The second kappa shape index (κ2) is 17.3. The summed E-state index contributed by atoms with van der Waals surface area (Å²) in [6, 6.07) is 37.9. The van der Waals surface area contributed by atoms with Gasteiger partial charge in [-0.1, -0.05) is 84.9 Å². The summed E-state index contributed by atoms with van der Waals surface area (Å²) in [5.41, 5.74) is 6.65. The normalized spacial score (nSPS) is 10.9. The molecule has 8 aromatic rings. The molecule has 0 atom stereocenters. The fraction of sp³-hybridized carbons (Fsp3) is 0.149. The van der Waals surface area contributed by atoms with Gasteiger partial charge in [0.15, 0.2) is 11.6 Å². The van der Waals surface area contributed by atoms with Crippen molar-refractivity contribution in [2.75, 3.05) is 10.6 Å². The smallest absolute Gasteiger partial charge is 0.291 e. The van der Waals surface area contributed by atoms with Crippen LogP contribution in [-0.4, -0.2) is 41.1 Å². The first-order valence-corrected chi connectivity index (χ1v) is 19.3. The Kier molecular flexibility index (Phi) is 11.6. The maximum Gasteiger partial charge on any atom is 0.291 e. The lowest BCUT2D eigenvalue weighted by Crippen LogP contribution is -2.28. The highest BCUT2D eigenvalue weighted by Crippen LogP contribution is 2.32. The number of nitrogens with one attached hydrogen (secondary N) is 2. The van der Waals surface area contributed by atoms with E-state index in [-0.39, 0.29) is 45.2 Å². The number of benzene rings is 4. The average Bonchev–Trinajstić information content (AvgIpc) is 3.25. The first-order chi connectivity index (χ1) is 28.6. The molecule has 0 radical (unpaired) electrons. The van der Waals surface area contributed by atoms with Crippen molar-refractivity contribution in [1.29, 1.82) is 0 Å². The zero-order chi connectivity index (χ0) is 41.6. The summed E-state index contributed by atoms with van der Waals surface area (Å²) in [7, 11) is 0. The Morgan fingerprint density at radius 2 is 1.12 bits per heavy atom. The van der Waals surface area contributed by atoms with E-state index in [9.17, 15) is 19.2 Å². The van der Waals surface area contributed by atoms with Gasteiger partial charge >= 0.3 is 0 Å². The summed E-state index contributed by atoms with van der Waals surface area (Å²) in [5, 5.41) is 17.2. The number of fused-ring (bicyclic) bond motifs is 2. The second-order valence-electron chi connectivity index (χ2n) is 13.7. The molecule has 0 amide bonds. The Morgan fingerprint density at radius 1 is 0.593 bits per heavy atom. The van der Waals surface area contributed by atoms with Crippen LogP contribution in [0.4, 0.5) is 22.7 Å². The van der Waals surface area contributed by atoms with Gasteiger partial charge in [0, 0.05) is 52.6 Å². The minimum Gasteiger partial charge on any atom is -0.350 e. The second-order valence-corrected chi connectivity index (χ2v) is 13.7. The van der Waals surface area contributed by atoms with Crippen LogP contribution in [0.1, 0.15) is 54.1 Å². The number of hydrogen-bond acceptors (Lipinski definition) is 10. The summed E-state index contributed by atoms with van der Waals surface area (Å²) >= 11 is 0. The zero-order valence-electron chi connectivity index (χ0n) is 33.4. The van der Waals surface area contributed by atoms with E-state index in [4.69, 9.17) is 0 Å². The van der Waals surface area contributed by atoms with Gasteiger partial charge in [-0.15, -0.1) is 0 Å². The number of ketones is 2. The molecule has 12 nitrogen and oxygen atoms in total. The predicted octanol–water partition coefficient (Wildman–Crippen LogP) is 9.16. The van der Waals surface area contributed by atoms with E-state index in [1.807, 2.05) is 142 Å². The monoisotopic (exact) mass is 782 g/mol. The van der Waals surface area contributed by atoms with Crippen LogP contribution in [-0.2, 0) is 13.1 Å². The molecule has 2 N–H and O–H groups in total. The number of aromatic nitrogens is 6. The highest BCUT2D eigenvalue weighted by Gasteiger charge is 2.24. The highest BCUT2D eigenvalue weighted by atomic mass is 16.1. The van der Waals surface area contributed by atoms with Gasteiger partial charge in [0.1, 0.15) is 22.8 Å². The van der Waals surface area contributed by atoms with Crippen LogP contribution >= 0.6 is 0 Å². The van der Waals surface area contributed by atoms with Crippen LogP contribution in [0, 0.1) is 6.92 Å². The van der Waals surface area contributed by atoms with E-state index in [0.29, 0.717) is 35.9 Å². The molecule has 0 aliphatic carbocycles. The largest absolute Gasteiger partial charge is 0.350 e. The number of carbonyl (C=O) groups excluding carboxylic acids is 2. The Balaban J connectivity index is 0.000000179. The average molecular weight is 783 g/mol. The molecular formula is C47H42N8O4. The number of anilines is 4. The Labute approximate surface area is 340 Å². The third-order valence-corrected chi connectivity index (χ3v) is 9.73. The summed E-state index contributed by atoms with van der Waals surface area (Å²) < 4.78 is 2.75. The van der Waals surface area contributed by atoms with Crippen molar-refractivity contribution < 1.29 is 9.59 Å². The van der Waals surface area contributed by atoms with Crippen LogP contribution < -0.4 is 21.8 Å². The molecule has 0 spiro atoms. The third-order valence-electron chi connectivity index (χ3n) is 9.73. The first kappa shape index (κ1) is 39.6. The number of rotatable bonds is 10. The molecule has 8 rings (SSSR count). The molecule has 0 unspecified atom stereocenters. The highest BCUT2D eigenvalue weighted by molar-refractivity contribution is 6.07. The number of hydrogen-bond donors (Lipinski definition) is 2. The molecular weight excluding hydrogens is 741 g/mol. The van der Waals surface area contributed by atoms with Gasteiger partial charge in [0.25, 0.3) is 11.1 Å². The molecule has 12 heteroatoms. The lowest BCUT2D eigenvalue weighted by atomic mass is 10.0. The van der Waals surface area contributed by atoms with Crippen LogP contribution in [0.15, 0.2) is 137 Å². The van der Waals surface area contributed by atoms with Gasteiger partial charge in [-0.05, 0) is 71.0 Å². The zero-order valence-corrected chi connectivity index (χ0v) is 33.4. The third kappa shape index (κ3) is 8.14. The molecule has 0 aliphatic heterocycles. The molecule has 4 aromatic heterocycles. The van der Waals surface area contributed by atoms with Gasteiger partial charge in [0.05, 0.1) is 27.8 Å². The van der Waals surface area contributed by atoms with E-state index in [2.05, 4.69) is 30.8 Å². The van der Waals surface area contributed by atoms with Crippen LogP contribution in [0.2, 0.25) is 0 Å². The molecule has 4 heterocycles. The maximum absolute atomic E-state index is 13.2. The minimum atomic E-state index is -0.341. The summed E-state index contributed by atoms with van der Waals surface area (Å²) in [6.45, 7) is 9.30. The van der Waals surface area contributed by atoms with Gasteiger partial charge in [-0.25, -0.2) is 9.36 Å². The molecule has 0 fully saturated rings. The van der Waals surface area contributed by atoms with Gasteiger partial charge < -0.3 is 10.6 Å². The van der Waals surface area contributed by atoms with E-state index >= 15 is 0 Å². The minimum absolute atomic E-state index is 0.217. The standard InChI is InChI=1S/C24H22N4O2.C23H20N4O2/c1-4-28-24(30)23(20(16(3)29)22(27-28)17-9-6-5-7-10-17)26-19-12-8-11-18-14-13-15(2)25-21(18)19;1-3-27-23(29)22(25-19-13-7-12-18-17(19)11-8-14-24-18)20(15(2)28)21(26-27)16-9-5-4-6-10-16/h5-14,26H,4H2,1-3H3;4-14,25H,3H2,1-2H3. The Bertz CT molecular complexity index is 2970. The number of pyridine rings is 2. The number of aryl methyl sites for hydroxylation is 3. The molecule has 294 valence electrons. The van der Waals surface area contributed by atoms with E-state index in [1.54, 1.807) is 6.20 Å². The molecule has 0 aliphatic rings. The Morgan fingerprint density at radius 3 is 1.66 bits per heavy atom. The molecule has 0 saturated heterocycles. The summed E-state index contributed by atoms with van der Waals surface area (Å²) in [6.07, 6.45) is 1.72. The van der Waals surface area contributed by atoms with Gasteiger partial charge in [0.2, 0.25) is 0 Å². The topological polar surface area (TPSA) is 154 Å². The van der Waals surface area contributed by atoms with Crippen molar-refractivity contribution >= 4 is 56.1 Å². The summed E-state index contributed by atoms with van der Waals surface area (Å²) in [4.78, 5) is 60.6. The van der Waals surface area contributed by atoms with Gasteiger partial charge in [-0.2, -0.15) is 10.2 Å². The van der Waals surface area contributed by atoms with Crippen molar-refractivity contribution in [3.8, 4) is 22.5 Å². The fourth-order valence-electron chi connectivity index (χ4n) is 6.91. The molecule has 0 saturated carbocycles. The van der Waals surface area contributed by atoms with Crippen LogP contribution in [0.3, 0.4) is 0 Å². The summed E-state index contributed by atoms with van der Waals surface area (Å²) in [5.74, 6) is -0.453. The Hall–Kier alpha value is -7.60. The number of Topliss-reactive ketones (excluding diaryl/α,β-unsaturated/α-hetero) is 2.